The molecule has 2 unspecified atom stereocenters. The van der Waals surface area contributed by atoms with E-state index in [0.717, 1.165) is 44.5 Å². The predicted molar refractivity (Wildman–Crippen MR) is 154 cm³/mol. The van der Waals surface area contributed by atoms with Crippen LogP contribution in [0.4, 0.5) is 0 Å². The maximum absolute atomic E-state index is 13.7. The first-order chi connectivity index (χ1) is 18.9. The van der Waals surface area contributed by atoms with Gasteiger partial charge in [-0.1, -0.05) is 41.9 Å². The van der Waals surface area contributed by atoms with Crippen molar-refractivity contribution in [3.63, 3.8) is 0 Å². The SMILES string of the molecule is COCCCOc1cc(C(=O)N(CC2CNCC2CN(C(=O)Cc2ccccc2)C2CC2)C(C)C)ccc1Cl. The Kier molecular flexibility index (Phi) is 10.7. The van der Waals surface area contributed by atoms with E-state index in [0.29, 0.717) is 54.5 Å². The molecule has 2 aromatic carbocycles. The van der Waals surface area contributed by atoms with Crippen molar-refractivity contribution in [3.8, 4) is 5.75 Å². The molecule has 0 bridgehead atoms. The van der Waals surface area contributed by atoms with Crippen molar-refractivity contribution in [1.82, 2.24) is 15.1 Å². The molecule has 1 heterocycles. The summed E-state index contributed by atoms with van der Waals surface area (Å²) in [4.78, 5) is 31.0. The highest BCUT2D eigenvalue weighted by Gasteiger charge is 2.38. The van der Waals surface area contributed by atoms with Gasteiger partial charge in [-0.25, -0.2) is 0 Å². The van der Waals surface area contributed by atoms with E-state index in [1.165, 1.54) is 0 Å². The van der Waals surface area contributed by atoms with E-state index in [1.807, 2.05) is 49.1 Å². The molecule has 2 fully saturated rings. The van der Waals surface area contributed by atoms with E-state index in [-0.39, 0.29) is 23.8 Å². The van der Waals surface area contributed by atoms with Gasteiger partial charge in [0.15, 0.2) is 0 Å². The minimum absolute atomic E-state index is 0.0275. The first kappa shape index (κ1) is 29.4. The first-order valence-electron chi connectivity index (χ1n) is 14.1. The smallest absolute Gasteiger partial charge is 0.254 e. The Morgan fingerprint density at radius 3 is 2.41 bits per heavy atom. The van der Waals surface area contributed by atoms with Crippen molar-refractivity contribution in [2.75, 3.05) is 46.5 Å². The van der Waals surface area contributed by atoms with Gasteiger partial charge in [-0.3, -0.25) is 9.59 Å². The summed E-state index contributed by atoms with van der Waals surface area (Å²) in [6.45, 7) is 8.22. The lowest BCUT2D eigenvalue weighted by atomic mass is 9.93. The topological polar surface area (TPSA) is 71.1 Å². The van der Waals surface area contributed by atoms with Gasteiger partial charge in [0.1, 0.15) is 5.75 Å². The Hall–Kier alpha value is -2.61. The van der Waals surface area contributed by atoms with Gasteiger partial charge >= 0.3 is 0 Å². The summed E-state index contributed by atoms with van der Waals surface area (Å²) < 4.78 is 10.9. The molecule has 1 saturated heterocycles. The van der Waals surface area contributed by atoms with Crippen molar-refractivity contribution < 1.29 is 19.1 Å². The molecule has 0 aromatic heterocycles. The van der Waals surface area contributed by atoms with Crippen molar-refractivity contribution in [1.29, 1.82) is 0 Å². The number of hydrogen-bond donors (Lipinski definition) is 1. The number of carbonyl (C=O) groups is 2. The summed E-state index contributed by atoms with van der Waals surface area (Å²) >= 11 is 6.35. The Morgan fingerprint density at radius 2 is 1.74 bits per heavy atom. The Balaban J connectivity index is 1.41. The van der Waals surface area contributed by atoms with Gasteiger partial charge < -0.3 is 24.6 Å². The number of halogens is 1. The van der Waals surface area contributed by atoms with E-state index in [4.69, 9.17) is 21.1 Å². The molecular formula is C31H42ClN3O4. The molecule has 0 spiro atoms. The zero-order valence-corrected chi connectivity index (χ0v) is 24.2. The van der Waals surface area contributed by atoms with Crippen LogP contribution in [0.25, 0.3) is 0 Å². The molecule has 0 radical (unpaired) electrons. The molecule has 2 amide bonds. The average molecular weight is 556 g/mol. The molecular weight excluding hydrogens is 514 g/mol. The minimum Gasteiger partial charge on any atom is -0.492 e. The lowest BCUT2D eigenvalue weighted by Gasteiger charge is -2.34. The zero-order chi connectivity index (χ0) is 27.8. The van der Waals surface area contributed by atoms with Crippen molar-refractivity contribution in [2.24, 2.45) is 11.8 Å². The van der Waals surface area contributed by atoms with Crippen LogP contribution in [0.2, 0.25) is 5.02 Å². The van der Waals surface area contributed by atoms with Crippen LogP contribution in [0.5, 0.6) is 5.75 Å². The number of nitrogens with one attached hydrogen (secondary N) is 1. The van der Waals surface area contributed by atoms with Crippen LogP contribution in [0.3, 0.4) is 0 Å². The lowest BCUT2D eigenvalue weighted by molar-refractivity contribution is -0.131. The van der Waals surface area contributed by atoms with E-state index < -0.39 is 0 Å². The number of benzene rings is 2. The summed E-state index contributed by atoms with van der Waals surface area (Å²) in [5, 5.41) is 4.01. The van der Waals surface area contributed by atoms with Crippen LogP contribution < -0.4 is 10.1 Å². The molecule has 39 heavy (non-hydrogen) atoms. The van der Waals surface area contributed by atoms with Gasteiger partial charge in [0.05, 0.1) is 18.1 Å². The van der Waals surface area contributed by atoms with E-state index in [9.17, 15) is 9.59 Å². The molecule has 212 valence electrons. The maximum Gasteiger partial charge on any atom is 0.254 e. The molecule has 2 aliphatic rings. The highest BCUT2D eigenvalue weighted by molar-refractivity contribution is 6.32. The average Bonchev–Trinajstić information content (AvgIpc) is 3.67. The minimum atomic E-state index is -0.0340. The Morgan fingerprint density at radius 1 is 1.03 bits per heavy atom. The fraction of sp³-hybridized carbons (Fsp3) is 0.548. The monoisotopic (exact) mass is 555 g/mol. The number of carbonyl (C=O) groups excluding carboxylic acids is 2. The summed E-state index contributed by atoms with van der Waals surface area (Å²) in [5.41, 5.74) is 1.62. The summed E-state index contributed by atoms with van der Waals surface area (Å²) in [6.07, 6.45) is 3.33. The third-order valence-electron chi connectivity index (χ3n) is 7.66. The lowest BCUT2D eigenvalue weighted by Crippen LogP contribution is -2.45. The second-order valence-electron chi connectivity index (χ2n) is 11.0. The summed E-state index contributed by atoms with van der Waals surface area (Å²) in [5.74, 6) is 1.24. The van der Waals surface area contributed by atoms with Crippen LogP contribution in [0.15, 0.2) is 48.5 Å². The highest BCUT2D eigenvalue weighted by atomic mass is 35.5. The third kappa shape index (κ3) is 8.19. The third-order valence-corrected chi connectivity index (χ3v) is 7.97. The fourth-order valence-corrected chi connectivity index (χ4v) is 5.43. The predicted octanol–water partition coefficient (Wildman–Crippen LogP) is 4.68. The second kappa shape index (κ2) is 14.1. The van der Waals surface area contributed by atoms with Gasteiger partial charge in [-0.05, 0) is 62.3 Å². The van der Waals surface area contributed by atoms with Crippen molar-refractivity contribution in [2.45, 2.75) is 51.6 Å². The Bertz CT molecular complexity index is 1090. The van der Waals surface area contributed by atoms with Crippen LogP contribution >= 0.6 is 11.6 Å². The maximum atomic E-state index is 13.7. The summed E-state index contributed by atoms with van der Waals surface area (Å²) in [7, 11) is 1.66. The molecule has 1 aliphatic heterocycles. The normalized spacial score (nSPS) is 18.8. The van der Waals surface area contributed by atoms with Crippen molar-refractivity contribution >= 4 is 23.4 Å². The molecule has 7 nitrogen and oxygen atoms in total. The first-order valence-corrected chi connectivity index (χ1v) is 14.5. The highest BCUT2D eigenvalue weighted by Crippen LogP contribution is 2.31. The van der Waals surface area contributed by atoms with E-state index in [1.54, 1.807) is 25.3 Å². The second-order valence-corrected chi connectivity index (χ2v) is 11.4. The molecule has 8 heteroatoms. The van der Waals surface area contributed by atoms with Crippen LogP contribution in [-0.2, 0) is 16.0 Å². The molecule has 2 aromatic rings. The number of rotatable bonds is 14. The quantitative estimate of drug-likeness (QED) is 0.343. The van der Waals surface area contributed by atoms with Gasteiger partial charge in [0.2, 0.25) is 5.91 Å². The largest absolute Gasteiger partial charge is 0.492 e. The number of nitrogens with zero attached hydrogens (tertiary/aromatic N) is 2. The molecule has 4 rings (SSSR count). The molecule has 1 aliphatic carbocycles. The standard InChI is InChI=1S/C31H42ClN3O4/c1-22(2)34(31(37)24-10-13-28(32)29(17-24)39-15-7-14-38-3)20-25-18-33-19-26(25)21-35(27-11-12-27)30(36)16-23-8-5-4-6-9-23/h4-6,8-10,13,17,22,25-27,33H,7,11-12,14-16,18-21H2,1-3H3. The molecule has 2 atom stereocenters. The van der Waals surface area contributed by atoms with Crippen molar-refractivity contribution in [3.05, 3.63) is 64.7 Å². The number of amides is 2. The zero-order valence-electron chi connectivity index (χ0n) is 23.4. The van der Waals surface area contributed by atoms with Crippen LogP contribution in [0, 0.1) is 11.8 Å². The van der Waals surface area contributed by atoms with Gasteiger partial charge in [-0.15, -0.1) is 0 Å². The number of ether oxygens (including phenoxy) is 2. The van der Waals surface area contributed by atoms with Gasteiger partial charge in [0, 0.05) is 64.0 Å². The van der Waals surface area contributed by atoms with Gasteiger partial charge in [0.25, 0.3) is 5.91 Å². The fourth-order valence-electron chi connectivity index (χ4n) is 5.26. The van der Waals surface area contributed by atoms with Crippen LogP contribution in [-0.4, -0.2) is 80.2 Å². The summed E-state index contributed by atoms with van der Waals surface area (Å²) in [6, 6.07) is 15.6. The van der Waals surface area contributed by atoms with E-state index in [2.05, 4.69) is 10.2 Å². The van der Waals surface area contributed by atoms with Gasteiger partial charge in [-0.2, -0.15) is 0 Å². The molecule has 1 saturated carbocycles. The van der Waals surface area contributed by atoms with E-state index >= 15 is 0 Å². The van der Waals surface area contributed by atoms with Crippen LogP contribution in [0.1, 0.15) is 49.0 Å². The number of hydrogen-bond acceptors (Lipinski definition) is 5. The number of methoxy groups -OCH3 is 1. The molecule has 1 N–H and O–H groups in total. The Labute approximate surface area is 237 Å².